The summed E-state index contributed by atoms with van der Waals surface area (Å²) in [4.78, 5) is 10.2. The van der Waals surface area contributed by atoms with Crippen LogP contribution in [0, 0.1) is 5.92 Å². The van der Waals surface area contributed by atoms with Gasteiger partial charge in [0.1, 0.15) is 18.0 Å². The van der Waals surface area contributed by atoms with Gasteiger partial charge in [-0.2, -0.15) is 0 Å². The van der Waals surface area contributed by atoms with E-state index in [1.165, 1.54) is 6.33 Å². The lowest BCUT2D eigenvalue weighted by Crippen LogP contribution is -2.37. The molecule has 0 amide bonds. The molecule has 2 heterocycles. The molecule has 1 aromatic heterocycles. The SMILES string of the molecule is Nc1cc(N2CCC[C@@H](CO)C2)ncn1. The fourth-order valence-corrected chi connectivity index (χ4v) is 1.96. The predicted octanol–water partition coefficient (Wildman–Crippen LogP) is 0.267. The van der Waals surface area contributed by atoms with Crippen molar-refractivity contribution >= 4 is 11.6 Å². The van der Waals surface area contributed by atoms with Crippen LogP contribution in [-0.4, -0.2) is 34.8 Å². The highest BCUT2D eigenvalue weighted by Gasteiger charge is 2.20. The summed E-state index contributed by atoms with van der Waals surface area (Å²) in [6.45, 7) is 2.08. The zero-order valence-electron chi connectivity index (χ0n) is 8.63. The third-order valence-corrected chi connectivity index (χ3v) is 2.77. The second-order valence-electron chi connectivity index (χ2n) is 3.94. The van der Waals surface area contributed by atoms with Gasteiger partial charge in [-0.3, -0.25) is 0 Å². The van der Waals surface area contributed by atoms with Gasteiger partial charge >= 0.3 is 0 Å². The number of nitrogens with two attached hydrogens (primary N) is 1. The van der Waals surface area contributed by atoms with Crippen molar-refractivity contribution in [1.29, 1.82) is 0 Å². The van der Waals surface area contributed by atoms with Crippen molar-refractivity contribution in [2.75, 3.05) is 30.3 Å². The number of aliphatic hydroxyl groups excluding tert-OH is 1. The van der Waals surface area contributed by atoms with Crippen molar-refractivity contribution in [1.82, 2.24) is 9.97 Å². The highest BCUT2D eigenvalue weighted by atomic mass is 16.3. The molecule has 0 radical (unpaired) electrons. The van der Waals surface area contributed by atoms with Crippen LogP contribution in [0.4, 0.5) is 11.6 Å². The van der Waals surface area contributed by atoms with Crippen LogP contribution in [0.25, 0.3) is 0 Å². The van der Waals surface area contributed by atoms with E-state index in [-0.39, 0.29) is 6.61 Å². The van der Waals surface area contributed by atoms with Crippen molar-refractivity contribution in [3.8, 4) is 0 Å². The number of aromatic nitrogens is 2. The Balaban J connectivity index is 2.09. The van der Waals surface area contributed by atoms with E-state index in [2.05, 4.69) is 14.9 Å². The summed E-state index contributed by atoms with van der Waals surface area (Å²) >= 11 is 0. The Morgan fingerprint density at radius 3 is 3.13 bits per heavy atom. The van der Waals surface area contributed by atoms with Crippen molar-refractivity contribution in [3.63, 3.8) is 0 Å². The molecule has 0 spiro atoms. The molecule has 1 fully saturated rings. The van der Waals surface area contributed by atoms with Crippen LogP contribution < -0.4 is 10.6 Å². The van der Waals surface area contributed by atoms with E-state index in [9.17, 15) is 0 Å². The van der Waals surface area contributed by atoms with Gasteiger partial charge in [-0.1, -0.05) is 0 Å². The lowest BCUT2D eigenvalue weighted by atomic mass is 9.99. The molecule has 0 aromatic carbocycles. The average Bonchev–Trinajstić information content (AvgIpc) is 2.29. The van der Waals surface area contributed by atoms with Gasteiger partial charge in [0, 0.05) is 25.8 Å². The quantitative estimate of drug-likeness (QED) is 0.729. The molecule has 82 valence electrons. The Bertz CT molecular complexity index is 331. The first-order valence-corrected chi connectivity index (χ1v) is 5.23. The van der Waals surface area contributed by atoms with Crippen LogP contribution >= 0.6 is 0 Å². The maximum atomic E-state index is 9.13. The van der Waals surface area contributed by atoms with Crippen LogP contribution in [0.5, 0.6) is 0 Å². The monoisotopic (exact) mass is 208 g/mol. The molecule has 5 heteroatoms. The maximum Gasteiger partial charge on any atom is 0.134 e. The minimum atomic E-state index is 0.247. The Kier molecular flexibility index (Phi) is 3.01. The molecular formula is C10H16N4O. The Morgan fingerprint density at radius 2 is 2.40 bits per heavy atom. The predicted molar refractivity (Wildman–Crippen MR) is 58.5 cm³/mol. The summed E-state index contributed by atoms with van der Waals surface area (Å²) in [5, 5.41) is 9.13. The van der Waals surface area contributed by atoms with E-state index >= 15 is 0 Å². The summed E-state index contributed by atoms with van der Waals surface area (Å²) in [5.41, 5.74) is 5.61. The summed E-state index contributed by atoms with van der Waals surface area (Å²) in [6.07, 6.45) is 3.66. The van der Waals surface area contributed by atoms with Crippen LogP contribution in [0.15, 0.2) is 12.4 Å². The van der Waals surface area contributed by atoms with Gasteiger partial charge in [0.15, 0.2) is 0 Å². The van der Waals surface area contributed by atoms with E-state index < -0.39 is 0 Å². The number of aliphatic hydroxyl groups is 1. The highest BCUT2D eigenvalue weighted by Crippen LogP contribution is 2.21. The number of piperidine rings is 1. The first kappa shape index (κ1) is 10.2. The minimum Gasteiger partial charge on any atom is -0.396 e. The van der Waals surface area contributed by atoms with Gasteiger partial charge < -0.3 is 15.7 Å². The van der Waals surface area contributed by atoms with Crippen LogP contribution in [-0.2, 0) is 0 Å². The zero-order chi connectivity index (χ0) is 10.7. The number of rotatable bonds is 2. The second kappa shape index (κ2) is 4.44. The molecule has 1 aliphatic rings. The van der Waals surface area contributed by atoms with Gasteiger partial charge in [0.2, 0.25) is 0 Å². The van der Waals surface area contributed by atoms with Gasteiger partial charge in [-0.05, 0) is 18.8 Å². The summed E-state index contributed by atoms with van der Waals surface area (Å²) in [5.74, 6) is 1.71. The number of nitrogens with zero attached hydrogens (tertiary/aromatic N) is 3. The molecule has 1 aromatic rings. The average molecular weight is 208 g/mol. The number of nitrogen functional groups attached to an aromatic ring is 1. The summed E-state index contributed by atoms with van der Waals surface area (Å²) in [7, 11) is 0. The van der Waals surface area contributed by atoms with Crippen molar-refractivity contribution in [2.45, 2.75) is 12.8 Å². The highest BCUT2D eigenvalue weighted by molar-refractivity contribution is 5.46. The standard InChI is InChI=1S/C10H16N4O/c11-9-4-10(13-7-12-9)14-3-1-2-8(5-14)6-15/h4,7-8,15H,1-3,5-6H2,(H2,11,12,13)/t8-/m1/s1. The molecule has 3 N–H and O–H groups in total. The molecule has 1 aliphatic heterocycles. The number of hydrogen-bond acceptors (Lipinski definition) is 5. The normalized spacial score (nSPS) is 21.7. The molecule has 0 aliphatic carbocycles. The Hall–Kier alpha value is -1.36. The van der Waals surface area contributed by atoms with Gasteiger partial charge in [-0.25, -0.2) is 9.97 Å². The molecule has 5 nitrogen and oxygen atoms in total. The zero-order valence-corrected chi connectivity index (χ0v) is 8.63. The minimum absolute atomic E-state index is 0.247. The van der Waals surface area contributed by atoms with Crippen LogP contribution in [0.3, 0.4) is 0 Å². The van der Waals surface area contributed by atoms with E-state index in [0.29, 0.717) is 11.7 Å². The fraction of sp³-hybridized carbons (Fsp3) is 0.600. The lowest BCUT2D eigenvalue weighted by Gasteiger charge is -2.32. The molecule has 2 rings (SSSR count). The van der Waals surface area contributed by atoms with E-state index in [0.717, 1.165) is 31.7 Å². The topological polar surface area (TPSA) is 75.3 Å². The number of anilines is 2. The first-order chi connectivity index (χ1) is 7.29. The number of hydrogen-bond donors (Lipinski definition) is 2. The van der Waals surface area contributed by atoms with Crippen LogP contribution in [0.1, 0.15) is 12.8 Å². The summed E-state index contributed by atoms with van der Waals surface area (Å²) in [6, 6.07) is 1.78. The molecule has 15 heavy (non-hydrogen) atoms. The molecule has 0 saturated carbocycles. The molecule has 0 unspecified atom stereocenters. The smallest absolute Gasteiger partial charge is 0.134 e. The van der Waals surface area contributed by atoms with Gasteiger partial charge in [0.25, 0.3) is 0 Å². The van der Waals surface area contributed by atoms with Crippen molar-refractivity contribution in [2.24, 2.45) is 5.92 Å². The largest absolute Gasteiger partial charge is 0.396 e. The van der Waals surface area contributed by atoms with Crippen LogP contribution in [0.2, 0.25) is 0 Å². The van der Waals surface area contributed by atoms with Gasteiger partial charge in [-0.15, -0.1) is 0 Å². The van der Waals surface area contributed by atoms with Crippen molar-refractivity contribution in [3.05, 3.63) is 12.4 Å². The maximum absolute atomic E-state index is 9.13. The molecule has 1 saturated heterocycles. The lowest BCUT2D eigenvalue weighted by molar-refractivity contribution is 0.208. The Morgan fingerprint density at radius 1 is 1.53 bits per heavy atom. The van der Waals surface area contributed by atoms with Crippen molar-refractivity contribution < 1.29 is 5.11 Å². The summed E-state index contributed by atoms with van der Waals surface area (Å²) < 4.78 is 0. The van der Waals surface area contributed by atoms with E-state index in [1.807, 2.05) is 0 Å². The van der Waals surface area contributed by atoms with Gasteiger partial charge in [0.05, 0.1) is 0 Å². The first-order valence-electron chi connectivity index (χ1n) is 5.23. The molecule has 1 atom stereocenters. The third kappa shape index (κ3) is 2.36. The van der Waals surface area contributed by atoms with E-state index in [4.69, 9.17) is 10.8 Å². The molecular weight excluding hydrogens is 192 g/mol. The molecule has 0 bridgehead atoms. The fourth-order valence-electron chi connectivity index (χ4n) is 1.96. The van der Waals surface area contributed by atoms with E-state index in [1.54, 1.807) is 6.07 Å². The third-order valence-electron chi connectivity index (χ3n) is 2.77. The Labute approximate surface area is 88.9 Å². The second-order valence-corrected chi connectivity index (χ2v) is 3.94.